The van der Waals surface area contributed by atoms with Gasteiger partial charge < -0.3 is 10.4 Å². The standard InChI is InChI=1S/C15H27NO2/c1-2-3-4-11-5-7-12(8-6-11)13-9-16-10-14(13)15(17)18/h11-14,16H,2-10H2,1H3,(H,17,18). The second-order valence-electron chi connectivity index (χ2n) is 6.19. The van der Waals surface area contributed by atoms with Crippen LogP contribution in [0.4, 0.5) is 0 Å². The summed E-state index contributed by atoms with van der Waals surface area (Å²) in [6, 6.07) is 0. The van der Waals surface area contributed by atoms with E-state index in [1.165, 1.54) is 44.9 Å². The first kappa shape index (κ1) is 13.9. The van der Waals surface area contributed by atoms with Gasteiger partial charge in [0.1, 0.15) is 0 Å². The quantitative estimate of drug-likeness (QED) is 0.792. The van der Waals surface area contributed by atoms with Gasteiger partial charge in [-0.15, -0.1) is 0 Å². The minimum Gasteiger partial charge on any atom is -0.481 e. The number of rotatable bonds is 5. The number of carboxylic acid groups (broad SMARTS) is 1. The second kappa shape index (κ2) is 6.55. The molecule has 0 aromatic carbocycles. The Bertz CT molecular complexity index is 272. The molecule has 3 nitrogen and oxygen atoms in total. The third-order valence-electron chi connectivity index (χ3n) is 5.04. The molecule has 104 valence electrons. The van der Waals surface area contributed by atoms with Crippen LogP contribution in [0.2, 0.25) is 0 Å². The van der Waals surface area contributed by atoms with Crippen LogP contribution in [0.3, 0.4) is 0 Å². The summed E-state index contributed by atoms with van der Waals surface area (Å²) < 4.78 is 0. The normalized spacial score (nSPS) is 36.7. The lowest BCUT2D eigenvalue weighted by molar-refractivity contribution is -0.143. The molecule has 3 heteroatoms. The monoisotopic (exact) mass is 253 g/mol. The van der Waals surface area contributed by atoms with E-state index in [0.717, 1.165) is 12.5 Å². The molecule has 0 spiro atoms. The van der Waals surface area contributed by atoms with Gasteiger partial charge in [-0.1, -0.05) is 39.0 Å². The highest BCUT2D eigenvalue weighted by atomic mass is 16.4. The Hall–Kier alpha value is -0.570. The molecule has 2 N–H and O–H groups in total. The molecule has 2 atom stereocenters. The van der Waals surface area contributed by atoms with Gasteiger partial charge in [-0.2, -0.15) is 0 Å². The number of nitrogens with one attached hydrogen (secondary N) is 1. The maximum atomic E-state index is 11.2. The van der Waals surface area contributed by atoms with Crippen molar-refractivity contribution < 1.29 is 9.90 Å². The van der Waals surface area contributed by atoms with Crippen molar-refractivity contribution in [3.05, 3.63) is 0 Å². The van der Waals surface area contributed by atoms with Crippen LogP contribution in [0.25, 0.3) is 0 Å². The molecule has 2 rings (SSSR count). The summed E-state index contributed by atoms with van der Waals surface area (Å²) in [5.74, 6) is 1.22. The fourth-order valence-corrected chi connectivity index (χ4v) is 3.86. The number of hydrogen-bond acceptors (Lipinski definition) is 2. The number of hydrogen-bond donors (Lipinski definition) is 2. The number of unbranched alkanes of at least 4 members (excludes halogenated alkanes) is 1. The average molecular weight is 253 g/mol. The van der Waals surface area contributed by atoms with E-state index in [1.54, 1.807) is 0 Å². The van der Waals surface area contributed by atoms with Crippen molar-refractivity contribution in [3.8, 4) is 0 Å². The van der Waals surface area contributed by atoms with Crippen molar-refractivity contribution in [1.82, 2.24) is 5.32 Å². The Morgan fingerprint density at radius 3 is 2.56 bits per heavy atom. The van der Waals surface area contributed by atoms with Gasteiger partial charge in [-0.3, -0.25) is 4.79 Å². The number of aliphatic carboxylic acids is 1. The van der Waals surface area contributed by atoms with Crippen LogP contribution in [0.15, 0.2) is 0 Å². The minimum atomic E-state index is -0.599. The summed E-state index contributed by atoms with van der Waals surface area (Å²) >= 11 is 0. The Balaban J connectivity index is 1.80. The molecule has 0 bridgehead atoms. The Kier molecular flexibility index (Phi) is 5.04. The zero-order valence-electron chi connectivity index (χ0n) is 11.5. The predicted octanol–water partition coefficient (Wildman–Crippen LogP) is 2.90. The number of carbonyl (C=O) groups is 1. The van der Waals surface area contributed by atoms with Gasteiger partial charge in [0.25, 0.3) is 0 Å². The maximum absolute atomic E-state index is 11.2. The van der Waals surface area contributed by atoms with Crippen LogP contribution in [-0.4, -0.2) is 24.2 Å². The first-order valence-electron chi connectivity index (χ1n) is 7.66. The Morgan fingerprint density at radius 1 is 1.22 bits per heavy atom. The predicted molar refractivity (Wildman–Crippen MR) is 72.5 cm³/mol. The highest BCUT2D eigenvalue weighted by Crippen LogP contribution is 2.39. The molecule has 1 saturated carbocycles. The van der Waals surface area contributed by atoms with E-state index in [0.29, 0.717) is 18.4 Å². The van der Waals surface area contributed by atoms with E-state index in [4.69, 9.17) is 0 Å². The third-order valence-corrected chi connectivity index (χ3v) is 5.04. The molecule has 1 aliphatic carbocycles. The van der Waals surface area contributed by atoms with Crippen molar-refractivity contribution in [1.29, 1.82) is 0 Å². The topological polar surface area (TPSA) is 49.3 Å². The van der Waals surface area contributed by atoms with Crippen LogP contribution in [0, 0.1) is 23.7 Å². The van der Waals surface area contributed by atoms with Crippen molar-refractivity contribution in [2.75, 3.05) is 13.1 Å². The molecule has 0 radical (unpaired) electrons. The summed E-state index contributed by atoms with van der Waals surface area (Å²) in [4.78, 5) is 11.2. The molecule has 0 aromatic heterocycles. The van der Waals surface area contributed by atoms with E-state index in [1.807, 2.05) is 0 Å². The molecule has 0 aromatic rings. The largest absolute Gasteiger partial charge is 0.481 e. The van der Waals surface area contributed by atoms with Crippen molar-refractivity contribution >= 4 is 5.97 Å². The van der Waals surface area contributed by atoms with Crippen LogP contribution >= 0.6 is 0 Å². The van der Waals surface area contributed by atoms with Crippen LogP contribution < -0.4 is 5.32 Å². The zero-order valence-corrected chi connectivity index (χ0v) is 11.5. The minimum absolute atomic E-state index is 0.137. The van der Waals surface area contributed by atoms with Crippen molar-refractivity contribution in [2.24, 2.45) is 23.7 Å². The lowest BCUT2D eigenvalue weighted by atomic mass is 9.72. The lowest BCUT2D eigenvalue weighted by Crippen LogP contribution is -2.30. The van der Waals surface area contributed by atoms with E-state index >= 15 is 0 Å². The van der Waals surface area contributed by atoms with Gasteiger partial charge in [0.15, 0.2) is 0 Å². The smallest absolute Gasteiger partial charge is 0.308 e. The highest BCUT2D eigenvalue weighted by Gasteiger charge is 2.39. The summed E-state index contributed by atoms with van der Waals surface area (Å²) in [6.07, 6.45) is 9.20. The molecule has 1 saturated heterocycles. The van der Waals surface area contributed by atoms with E-state index in [9.17, 15) is 9.90 Å². The molecule has 2 fully saturated rings. The van der Waals surface area contributed by atoms with E-state index < -0.39 is 5.97 Å². The average Bonchev–Trinajstić information content (AvgIpc) is 2.86. The second-order valence-corrected chi connectivity index (χ2v) is 6.19. The first-order valence-corrected chi connectivity index (χ1v) is 7.66. The Labute approximate surface area is 110 Å². The molecular weight excluding hydrogens is 226 g/mol. The molecule has 2 unspecified atom stereocenters. The van der Waals surface area contributed by atoms with Crippen LogP contribution in [0.5, 0.6) is 0 Å². The van der Waals surface area contributed by atoms with Crippen molar-refractivity contribution in [2.45, 2.75) is 51.9 Å². The van der Waals surface area contributed by atoms with Crippen LogP contribution in [0.1, 0.15) is 51.9 Å². The summed E-state index contributed by atoms with van der Waals surface area (Å²) in [5, 5.41) is 12.5. The fourth-order valence-electron chi connectivity index (χ4n) is 3.86. The van der Waals surface area contributed by atoms with Gasteiger partial charge in [-0.25, -0.2) is 0 Å². The van der Waals surface area contributed by atoms with E-state index in [-0.39, 0.29) is 5.92 Å². The molecule has 0 amide bonds. The van der Waals surface area contributed by atoms with Crippen molar-refractivity contribution in [3.63, 3.8) is 0 Å². The lowest BCUT2D eigenvalue weighted by Gasteiger charge is -2.33. The first-order chi connectivity index (χ1) is 8.72. The molecule has 18 heavy (non-hydrogen) atoms. The molecule has 2 aliphatic rings. The van der Waals surface area contributed by atoms with Gasteiger partial charge in [0, 0.05) is 6.54 Å². The highest BCUT2D eigenvalue weighted by molar-refractivity contribution is 5.71. The number of carboxylic acids is 1. The van der Waals surface area contributed by atoms with Gasteiger partial charge in [-0.05, 0) is 37.1 Å². The summed E-state index contributed by atoms with van der Waals surface area (Å²) in [7, 11) is 0. The SMILES string of the molecule is CCCCC1CCC(C2CNCC2C(=O)O)CC1. The third kappa shape index (κ3) is 3.25. The summed E-state index contributed by atoms with van der Waals surface area (Å²) in [6.45, 7) is 3.85. The molecular formula is C15H27NO2. The zero-order chi connectivity index (χ0) is 13.0. The molecule has 1 aliphatic heterocycles. The van der Waals surface area contributed by atoms with Crippen LogP contribution in [-0.2, 0) is 4.79 Å². The van der Waals surface area contributed by atoms with Gasteiger partial charge in [0.2, 0.25) is 0 Å². The summed E-state index contributed by atoms with van der Waals surface area (Å²) in [5.41, 5.74) is 0. The molecule has 1 heterocycles. The van der Waals surface area contributed by atoms with E-state index in [2.05, 4.69) is 12.2 Å². The maximum Gasteiger partial charge on any atom is 0.308 e. The van der Waals surface area contributed by atoms with Gasteiger partial charge >= 0.3 is 5.97 Å². The fraction of sp³-hybridized carbons (Fsp3) is 0.933. The van der Waals surface area contributed by atoms with Gasteiger partial charge in [0.05, 0.1) is 5.92 Å². The Morgan fingerprint density at radius 2 is 1.94 bits per heavy atom.